The van der Waals surface area contributed by atoms with Crippen LogP contribution in [-0.2, 0) is 10.0 Å². The summed E-state index contributed by atoms with van der Waals surface area (Å²) in [5, 5.41) is 0. The van der Waals surface area contributed by atoms with Gasteiger partial charge in [-0.25, -0.2) is 8.42 Å². The lowest BCUT2D eigenvalue weighted by Crippen LogP contribution is -2.48. The first-order chi connectivity index (χ1) is 9.45. The molecular formula is C14H23N3O2S. The monoisotopic (exact) mass is 297 g/mol. The molecule has 0 spiro atoms. The van der Waals surface area contributed by atoms with Crippen LogP contribution in [0.2, 0.25) is 0 Å². The van der Waals surface area contributed by atoms with Crippen molar-refractivity contribution >= 4 is 15.7 Å². The summed E-state index contributed by atoms with van der Waals surface area (Å²) in [5.41, 5.74) is 7.17. The van der Waals surface area contributed by atoms with Crippen molar-refractivity contribution in [2.75, 3.05) is 38.5 Å². The van der Waals surface area contributed by atoms with Crippen LogP contribution in [0.15, 0.2) is 23.1 Å². The van der Waals surface area contributed by atoms with Crippen LogP contribution in [0, 0.1) is 6.92 Å². The van der Waals surface area contributed by atoms with Gasteiger partial charge in [0.2, 0.25) is 10.0 Å². The van der Waals surface area contributed by atoms with Gasteiger partial charge in [0.25, 0.3) is 0 Å². The Labute approximate surface area is 121 Å². The van der Waals surface area contributed by atoms with E-state index in [9.17, 15) is 8.42 Å². The number of hydrogen-bond acceptors (Lipinski definition) is 4. The molecule has 1 fully saturated rings. The third-order valence-corrected chi connectivity index (χ3v) is 5.63. The Kier molecular flexibility index (Phi) is 4.67. The van der Waals surface area contributed by atoms with Crippen LogP contribution < -0.4 is 5.73 Å². The first-order valence-corrected chi connectivity index (χ1v) is 8.48. The molecule has 0 amide bonds. The number of sulfonamides is 1. The molecule has 1 heterocycles. The van der Waals surface area contributed by atoms with Crippen molar-refractivity contribution in [3.05, 3.63) is 23.8 Å². The molecule has 1 aliphatic heterocycles. The topological polar surface area (TPSA) is 66.6 Å². The summed E-state index contributed by atoms with van der Waals surface area (Å²) in [4.78, 5) is 2.52. The Morgan fingerprint density at radius 2 is 1.85 bits per heavy atom. The van der Waals surface area contributed by atoms with E-state index in [1.54, 1.807) is 22.5 Å². The van der Waals surface area contributed by atoms with E-state index in [0.29, 0.717) is 18.8 Å². The number of aryl methyl sites for hydroxylation is 1. The molecule has 0 bridgehead atoms. The minimum Gasteiger partial charge on any atom is -0.398 e. The van der Waals surface area contributed by atoms with Gasteiger partial charge < -0.3 is 10.6 Å². The van der Waals surface area contributed by atoms with Gasteiger partial charge in [-0.2, -0.15) is 4.31 Å². The maximum Gasteiger partial charge on any atom is 0.245 e. The van der Waals surface area contributed by atoms with Crippen molar-refractivity contribution in [3.63, 3.8) is 0 Å². The average Bonchev–Trinajstić information content (AvgIpc) is 2.39. The van der Waals surface area contributed by atoms with Gasteiger partial charge in [-0.05, 0) is 37.6 Å². The van der Waals surface area contributed by atoms with Crippen LogP contribution in [0.1, 0.15) is 18.9 Å². The van der Waals surface area contributed by atoms with E-state index in [0.717, 1.165) is 31.6 Å². The minimum atomic E-state index is -3.47. The van der Waals surface area contributed by atoms with Gasteiger partial charge in [0.05, 0.1) is 5.69 Å². The number of hydrogen-bond donors (Lipinski definition) is 1. The van der Waals surface area contributed by atoms with Gasteiger partial charge in [0.15, 0.2) is 0 Å². The second kappa shape index (κ2) is 6.11. The Bertz CT molecular complexity index is 564. The summed E-state index contributed by atoms with van der Waals surface area (Å²) in [6.45, 7) is 7.72. The van der Waals surface area contributed by atoms with E-state index in [1.165, 1.54) is 0 Å². The first kappa shape index (κ1) is 15.3. The second-order valence-electron chi connectivity index (χ2n) is 5.29. The predicted molar refractivity (Wildman–Crippen MR) is 81.1 cm³/mol. The summed E-state index contributed by atoms with van der Waals surface area (Å²) >= 11 is 0. The van der Waals surface area contributed by atoms with Gasteiger partial charge in [0.1, 0.15) is 4.90 Å². The van der Waals surface area contributed by atoms with Crippen LogP contribution in [0.3, 0.4) is 0 Å². The highest BCUT2D eigenvalue weighted by Crippen LogP contribution is 2.24. The quantitative estimate of drug-likeness (QED) is 0.851. The lowest BCUT2D eigenvalue weighted by atomic mass is 10.2. The summed E-state index contributed by atoms with van der Waals surface area (Å²) in [6.07, 6.45) is 1.09. The molecule has 20 heavy (non-hydrogen) atoms. The number of piperazine rings is 1. The van der Waals surface area contributed by atoms with Crippen LogP contribution in [0.25, 0.3) is 0 Å². The molecule has 0 radical (unpaired) electrons. The fraction of sp³-hybridized carbons (Fsp3) is 0.571. The number of nitrogens with zero attached hydrogens (tertiary/aromatic N) is 2. The van der Waals surface area contributed by atoms with E-state index in [4.69, 9.17) is 5.73 Å². The predicted octanol–water partition coefficient (Wildman–Crippen LogP) is 1.29. The Hall–Kier alpha value is -1.11. The fourth-order valence-electron chi connectivity index (χ4n) is 2.55. The highest BCUT2D eigenvalue weighted by Gasteiger charge is 2.29. The number of nitrogens with two attached hydrogens (primary N) is 1. The number of nitrogen functional groups attached to an aromatic ring is 1. The molecule has 1 aliphatic rings. The van der Waals surface area contributed by atoms with Crippen molar-refractivity contribution < 1.29 is 8.42 Å². The fourth-order valence-corrected chi connectivity index (χ4v) is 4.07. The summed E-state index contributed by atoms with van der Waals surface area (Å²) in [6, 6.07) is 5.11. The van der Waals surface area contributed by atoms with Crippen LogP contribution >= 0.6 is 0 Å². The van der Waals surface area contributed by atoms with Crippen molar-refractivity contribution in [1.29, 1.82) is 0 Å². The molecule has 0 unspecified atom stereocenters. The smallest absolute Gasteiger partial charge is 0.245 e. The summed E-state index contributed by atoms with van der Waals surface area (Å²) in [5.74, 6) is 0. The Balaban J connectivity index is 2.15. The van der Waals surface area contributed by atoms with E-state index in [-0.39, 0.29) is 4.90 Å². The SMILES string of the molecule is CCCN1CCN(S(=O)(=O)c2ccc(C)cc2N)CC1. The Morgan fingerprint density at radius 3 is 2.40 bits per heavy atom. The molecule has 0 aliphatic carbocycles. The average molecular weight is 297 g/mol. The van der Waals surface area contributed by atoms with Crippen LogP contribution in [0.4, 0.5) is 5.69 Å². The number of anilines is 1. The zero-order chi connectivity index (χ0) is 14.8. The Morgan fingerprint density at radius 1 is 1.20 bits per heavy atom. The minimum absolute atomic E-state index is 0.229. The molecule has 112 valence electrons. The molecule has 0 aromatic heterocycles. The zero-order valence-electron chi connectivity index (χ0n) is 12.2. The van der Waals surface area contributed by atoms with Crippen molar-refractivity contribution in [2.24, 2.45) is 0 Å². The maximum atomic E-state index is 12.6. The second-order valence-corrected chi connectivity index (χ2v) is 7.19. The largest absolute Gasteiger partial charge is 0.398 e. The normalized spacial score (nSPS) is 18.3. The number of benzene rings is 1. The first-order valence-electron chi connectivity index (χ1n) is 7.03. The van der Waals surface area contributed by atoms with Crippen molar-refractivity contribution in [1.82, 2.24) is 9.21 Å². The van der Waals surface area contributed by atoms with Gasteiger partial charge in [-0.1, -0.05) is 13.0 Å². The van der Waals surface area contributed by atoms with Crippen molar-refractivity contribution in [3.8, 4) is 0 Å². The molecule has 6 heteroatoms. The molecular weight excluding hydrogens is 274 g/mol. The molecule has 1 aromatic carbocycles. The van der Waals surface area contributed by atoms with Crippen molar-refractivity contribution in [2.45, 2.75) is 25.2 Å². The molecule has 0 saturated carbocycles. The van der Waals surface area contributed by atoms with Gasteiger partial charge >= 0.3 is 0 Å². The van der Waals surface area contributed by atoms with Gasteiger partial charge in [-0.3, -0.25) is 0 Å². The molecule has 5 nitrogen and oxygen atoms in total. The lowest BCUT2D eigenvalue weighted by molar-refractivity contribution is 0.189. The molecule has 2 rings (SSSR count). The van der Waals surface area contributed by atoms with E-state index in [2.05, 4.69) is 11.8 Å². The van der Waals surface area contributed by atoms with E-state index >= 15 is 0 Å². The van der Waals surface area contributed by atoms with E-state index in [1.807, 2.05) is 6.92 Å². The van der Waals surface area contributed by atoms with Crippen LogP contribution in [0.5, 0.6) is 0 Å². The molecule has 2 N–H and O–H groups in total. The highest BCUT2D eigenvalue weighted by molar-refractivity contribution is 7.89. The summed E-state index contributed by atoms with van der Waals surface area (Å²) in [7, 11) is -3.47. The summed E-state index contributed by atoms with van der Waals surface area (Å²) < 4.78 is 26.8. The third-order valence-electron chi connectivity index (χ3n) is 3.65. The standard InChI is InChI=1S/C14H23N3O2S/c1-3-6-16-7-9-17(10-8-16)20(18,19)14-5-4-12(2)11-13(14)15/h4-5,11H,3,6-10,15H2,1-2H3. The van der Waals surface area contributed by atoms with Gasteiger partial charge in [-0.15, -0.1) is 0 Å². The highest BCUT2D eigenvalue weighted by atomic mass is 32.2. The third kappa shape index (κ3) is 3.13. The zero-order valence-corrected chi connectivity index (χ0v) is 13.0. The van der Waals surface area contributed by atoms with Crippen LogP contribution in [-0.4, -0.2) is 50.3 Å². The molecule has 1 aromatic rings. The number of rotatable bonds is 4. The lowest BCUT2D eigenvalue weighted by Gasteiger charge is -2.33. The molecule has 1 saturated heterocycles. The van der Waals surface area contributed by atoms with E-state index < -0.39 is 10.0 Å². The van der Waals surface area contributed by atoms with Gasteiger partial charge in [0, 0.05) is 26.2 Å². The maximum absolute atomic E-state index is 12.6. The molecule has 0 atom stereocenters.